The first kappa shape index (κ1) is 14.1. The number of piperazine rings is 1. The maximum absolute atomic E-state index is 9.72. The van der Waals surface area contributed by atoms with Gasteiger partial charge in [0.2, 0.25) is 0 Å². The lowest BCUT2D eigenvalue weighted by Gasteiger charge is -2.34. The molecule has 0 aliphatic carbocycles. The van der Waals surface area contributed by atoms with Crippen LogP contribution in [0.2, 0.25) is 0 Å². The Morgan fingerprint density at radius 2 is 1.74 bits per heavy atom. The summed E-state index contributed by atoms with van der Waals surface area (Å²) in [6, 6.07) is 5.76. The van der Waals surface area contributed by atoms with Crippen LogP contribution in [0.1, 0.15) is 11.6 Å². The summed E-state index contributed by atoms with van der Waals surface area (Å²) in [7, 11) is 3.27. The largest absolute Gasteiger partial charge is 0.497 e. The SMILES string of the molecule is COc1cc(OC)cc([C@@H](CO)N2CCNCC2)c1. The molecular formula is C14H22N2O3. The quantitative estimate of drug-likeness (QED) is 0.819. The molecule has 1 atom stereocenters. The van der Waals surface area contributed by atoms with Gasteiger partial charge >= 0.3 is 0 Å². The molecule has 2 rings (SSSR count). The van der Waals surface area contributed by atoms with Gasteiger partial charge in [-0.15, -0.1) is 0 Å². The van der Waals surface area contributed by atoms with Gasteiger partial charge in [-0.2, -0.15) is 0 Å². The zero-order chi connectivity index (χ0) is 13.7. The van der Waals surface area contributed by atoms with Crippen molar-refractivity contribution in [1.29, 1.82) is 0 Å². The molecular weight excluding hydrogens is 244 g/mol. The lowest BCUT2D eigenvalue weighted by atomic mass is 10.0. The lowest BCUT2D eigenvalue weighted by Crippen LogP contribution is -2.46. The highest BCUT2D eigenvalue weighted by Crippen LogP contribution is 2.29. The number of nitrogens with zero attached hydrogens (tertiary/aromatic N) is 1. The highest BCUT2D eigenvalue weighted by Gasteiger charge is 2.22. The summed E-state index contributed by atoms with van der Waals surface area (Å²) in [5, 5.41) is 13.0. The van der Waals surface area contributed by atoms with Crippen molar-refractivity contribution in [2.75, 3.05) is 47.0 Å². The van der Waals surface area contributed by atoms with Gasteiger partial charge in [0, 0.05) is 32.2 Å². The van der Waals surface area contributed by atoms with E-state index in [-0.39, 0.29) is 12.6 Å². The van der Waals surface area contributed by atoms with Gasteiger partial charge in [-0.25, -0.2) is 0 Å². The average molecular weight is 266 g/mol. The minimum Gasteiger partial charge on any atom is -0.497 e. The van der Waals surface area contributed by atoms with E-state index in [1.807, 2.05) is 18.2 Å². The van der Waals surface area contributed by atoms with Crippen molar-refractivity contribution in [3.8, 4) is 11.5 Å². The predicted octanol–water partition coefficient (Wildman–Crippen LogP) is 0.642. The molecule has 1 aliphatic rings. The van der Waals surface area contributed by atoms with E-state index in [1.54, 1.807) is 14.2 Å². The molecule has 0 radical (unpaired) electrons. The van der Waals surface area contributed by atoms with Crippen LogP contribution >= 0.6 is 0 Å². The standard InChI is InChI=1S/C14H22N2O3/c1-18-12-7-11(8-13(9-12)19-2)14(10-17)16-5-3-15-4-6-16/h7-9,14-15,17H,3-6,10H2,1-2H3/t14-/m1/s1. The van der Waals surface area contributed by atoms with E-state index in [9.17, 15) is 5.11 Å². The fourth-order valence-corrected chi connectivity index (χ4v) is 2.45. The molecule has 0 unspecified atom stereocenters. The van der Waals surface area contributed by atoms with Gasteiger partial charge in [-0.05, 0) is 17.7 Å². The molecule has 0 amide bonds. The first-order chi connectivity index (χ1) is 9.28. The molecule has 2 N–H and O–H groups in total. The van der Waals surface area contributed by atoms with Crippen LogP contribution in [-0.2, 0) is 0 Å². The van der Waals surface area contributed by atoms with Crippen LogP contribution in [0.3, 0.4) is 0 Å². The second-order valence-electron chi connectivity index (χ2n) is 4.63. The number of rotatable bonds is 5. The number of hydrogen-bond acceptors (Lipinski definition) is 5. The van der Waals surface area contributed by atoms with E-state index >= 15 is 0 Å². The summed E-state index contributed by atoms with van der Waals surface area (Å²) in [6.45, 7) is 3.88. The minimum atomic E-state index is -0.00824. The van der Waals surface area contributed by atoms with Gasteiger partial charge in [0.25, 0.3) is 0 Å². The summed E-state index contributed by atoms with van der Waals surface area (Å²) in [4.78, 5) is 2.28. The average Bonchev–Trinajstić information content (AvgIpc) is 2.48. The van der Waals surface area contributed by atoms with Crippen molar-refractivity contribution in [2.45, 2.75) is 6.04 Å². The smallest absolute Gasteiger partial charge is 0.122 e. The highest BCUT2D eigenvalue weighted by molar-refractivity contribution is 5.40. The van der Waals surface area contributed by atoms with Crippen LogP contribution in [0, 0.1) is 0 Å². The van der Waals surface area contributed by atoms with E-state index < -0.39 is 0 Å². The molecule has 1 fully saturated rings. The normalized spacial score (nSPS) is 18.1. The fourth-order valence-electron chi connectivity index (χ4n) is 2.45. The fraction of sp³-hybridized carbons (Fsp3) is 0.571. The highest BCUT2D eigenvalue weighted by atomic mass is 16.5. The van der Waals surface area contributed by atoms with Crippen molar-refractivity contribution in [3.63, 3.8) is 0 Å². The summed E-state index contributed by atoms with van der Waals surface area (Å²) >= 11 is 0. The number of hydrogen-bond donors (Lipinski definition) is 2. The lowest BCUT2D eigenvalue weighted by molar-refractivity contribution is 0.110. The number of aliphatic hydroxyl groups excluding tert-OH is 1. The third-order valence-electron chi connectivity index (χ3n) is 3.52. The third-order valence-corrected chi connectivity index (χ3v) is 3.52. The van der Waals surface area contributed by atoms with E-state index in [2.05, 4.69) is 10.2 Å². The van der Waals surface area contributed by atoms with E-state index in [4.69, 9.17) is 9.47 Å². The second-order valence-corrected chi connectivity index (χ2v) is 4.63. The molecule has 1 aliphatic heterocycles. The summed E-state index contributed by atoms with van der Waals surface area (Å²) < 4.78 is 10.6. The van der Waals surface area contributed by atoms with Gasteiger partial charge < -0.3 is 19.9 Å². The summed E-state index contributed by atoms with van der Waals surface area (Å²) in [5.41, 5.74) is 1.03. The van der Waals surface area contributed by atoms with E-state index in [0.717, 1.165) is 43.2 Å². The van der Waals surface area contributed by atoms with Crippen LogP contribution in [0.15, 0.2) is 18.2 Å². The number of aliphatic hydroxyl groups is 1. The van der Waals surface area contributed by atoms with E-state index in [0.29, 0.717) is 0 Å². The number of ether oxygens (including phenoxy) is 2. The van der Waals surface area contributed by atoms with Crippen LogP contribution in [0.25, 0.3) is 0 Å². The molecule has 0 spiro atoms. The predicted molar refractivity (Wildman–Crippen MR) is 73.8 cm³/mol. The van der Waals surface area contributed by atoms with Crippen molar-refractivity contribution in [1.82, 2.24) is 10.2 Å². The molecule has 1 aromatic rings. The Balaban J connectivity index is 2.25. The molecule has 1 saturated heterocycles. The first-order valence-electron chi connectivity index (χ1n) is 6.57. The maximum Gasteiger partial charge on any atom is 0.122 e. The zero-order valence-electron chi connectivity index (χ0n) is 11.6. The molecule has 0 bridgehead atoms. The number of nitrogens with one attached hydrogen (secondary N) is 1. The number of methoxy groups -OCH3 is 2. The van der Waals surface area contributed by atoms with Gasteiger partial charge in [-0.3, -0.25) is 4.90 Å². The second kappa shape index (κ2) is 6.75. The topological polar surface area (TPSA) is 54.0 Å². The monoisotopic (exact) mass is 266 g/mol. The Bertz CT molecular complexity index is 383. The maximum atomic E-state index is 9.72. The van der Waals surface area contributed by atoms with Crippen LogP contribution in [0.4, 0.5) is 0 Å². The van der Waals surface area contributed by atoms with Crippen molar-refractivity contribution in [3.05, 3.63) is 23.8 Å². The molecule has 1 aromatic carbocycles. The molecule has 5 nitrogen and oxygen atoms in total. The van der Waals surface area contributed by atoms with Crippen molar-refractivity contribution < 1.29 is 14.6 Å². The van der Waals surface area contributed by atoms with Crippen LogP contribution in [0.5, 0.6) is 11.5 Å². The van der Waals surface area contributed by atoms with Crippen molar-refractivity contribution in [2.24, 2.45) is 0 Å². The minimum absolute atomic E-state index is 0.00824. The summed E-state index contributed by atoms with van der Waals surface area (Å²) in [6.07, 6.45) is 0. The molecule has 5 heteroatoms. The van der Waals surface area contributed by atoms with Crippen LogP contribution < -0.4 is 14.8 Å². The Hall–Kier alpha value is -1.30. The van der Waals surface area contributed by atoms with Gasteiger partial charge in [0.05, 0.1) is 26.9 Å². The Labute approximate surface area is 114 Å². The van der Waals surface area contributed by atoms with Crippen molar-refractivity contribution >= 4 is 0 Å². The number of benzene rings is 1. The van der Waals surface area contributed by atoms with Gasteiger partial charge in [0.15, 0.2) is 0 Å². The van der Waals surface area contributed by atoms with Crippen LogP contribution in [-0.4, -0.2) is 57.0 Å². The Kier molecular flexibility index (Phi) is 5.01. The van der Waals surface area contributed by atoms with E-state index in [1.165, 1.54) is 0 Å². The third kappa shape index (κ3) is 3.37. The first-order valence-corrected chi connectivity index (χ1v) is 6.57. The Morgan fingerprint density at radius 3 is 2.21 bits per heavy atom. The molecule has 0 aromatic heterocycles. The Morgan fingerprint density at radius 1 is 1.16 bits per heavy atom. The van der Waals surface area contributed by atoms with Gasteiger partial charge in [0.1, 0.15) is 11.5 Å². The molecule has 1 heterocycles. The molecule has 19 heavy (non-hydrogen) atoms. The molecule has 106 valence electrons. The zero-order valence-corrected chi connectivity index (χ0v) is 11.6. The molecule has 0 saturated carbocycles. The summed E-state index contributed by atoms with van der Waals surface area (Å²) in [5.74, 6) is 1.51. The van der Waals surface area contributed by atoms with Gasteiger partial charge in [-0.1, -0.05) is 0 Å².